The first kappa shape index (κ1) is 31.0. The molecular formula is C36H42N8O3. The Labute approximate surface area is 274 Å². The number of likely N-dealkylation sites (tertiary alicyclic amines) is 1. The second kappa shape index (κ2) is 12.5. The SMILES string of the molecule is Cc1nc(C)c(OC(=O)NC(=N)c2ccc(CC3NCCn4c3nc3cc(C5(C(=O)N6CCCC6)CCCC5)ccc34)cc2)nc1C. The summed E-state index contributed by atoms with van der Waals surface area (Å²) < 4.78 is 7.64. The lowest BCUT2D eigenvalue weighted by molar-refractivity contribution is -0.136. The molecule has 4 aromatic rings. The molecular weight excluding hydrogens is 592 g/mol. The summed E-state index contributed by atoms with van der Waals surface area (Å²) in [6.45, 7) is 8.80. The lowest BCUT2D eigenvalue weighted by Crippen LogP contribution is -2.44. The van der Waals surface area contributed by atoms with E-state index in [1.165, 1.54) is 0 Å². The van der Waals surface area contributed by atoms with Crippen molar-refractivity contribution in [3.05, 3.63) is 82.1 Å². The fraction of sp³-hybridized carbons (Fsp3) is 0.444. The Morgan fingerprint density at radius 3 is 2.40 bits per heavy atom. The van der Waals surface area contributed by atoms with Crippen LogP contribution in [0.15, 0.2) is 42.5 Å². The molecule has 0 radical (unpaired) electrons. The minimum Gasteiger partial charge on any atom is -0.389 e. The van der Waals surface area contributed by atoms with Crippen LogP contribution in [0.3, 0.4) is 0 Å². The third-order valence-corrected chi connectivity index (χ3v) is 10.2. The molecule has 2 aromatic heterocycles. The van der Waals surface area contributed by atoms with E-state index in [9.17, 15) is 9.59 Å². The number of fused-ring (bicyclic) bond motifs is 3. The number of benzene rings is 2. The molecule has 1 atom stereocenters. The first-order valence-electron chi connectivity index (χ1n) is 16.7. The lowest BCUT2D eigenvalue weighted by Gasteiger charge is -2.33. The summed E-state index contributed by atoms with van der Waals surface area (Å²) in [7, 11) is 0. The zero-order valence-electron chi connectivity index (χ0n) is 27.4. The van der Waals surface area contributed by atoms with Crippen LogP contribution in [0, 0.1) is 26.2 Å². The number of aryl methyl sites for hydroxylation is 3. The van der Waals surface area contributed by atoms with Crippen LogP contribution in [0.2, 0.25) is 0 Å². The quantitative estimate of drug-likeness (QED) is 0.196. The molecule has 2 amide bonds. The van der Waals surface area contributed by atoms with Gasteiger partial charge in [0.25, 0.3) is 0 Å². The van der Waals surface area contributed by atoms with Crippen LogP contribution in [0.25, 0.3) is 11.0 Å². The van der Waals surface area contributed by atoms with Gasteiger partial charge in [0.05, 0.1) is 33.9 Å². The van der Waals surface area contributed by atoms with E-state index in [0.29, 0.717) is 22.9 Å². The van der Waals surface area contributed by atoms with Gasteiger partial charge >= 0.3 is 6.09 Å². The van der Waals surface area contributed by atoms with Gasteiger partial charge in [-0.25, -0.2) is 14.8 Å². The maximum Gasteiger partial charge on any atom is 0.419 e. The van der Waals surface area contributed by atoms with Gasteiger partial charge in [0, 0.05) is 31.7 Å². The number of carbonyl (C=O) groups is 2. The Balaban J connectivity index is 1.05. The summed E-state index contributed by atoms with van der Waals surface area (Å²) >= 11 is 0. The highest BCUT2D eigenvalue weighted by Crippen LogP contribution is 2.44. The summed E-state index contributed by atoms with van der Waals surface area (Å²) in [5.41, 5.74) is 6.38. The van der Waals surface area contributed by atoms with Gasteiger partial charge in [-0.05, 0) is 76.1 Å². The van der Waals surface area contributed by atoms with E-state index in [1.54, 1.807) is 13.8 Å². The van der Waals surface area contributed by atoms with E-state index in [1.807, 2.05) is 31.2 Å². The zero-order chi connectivity index (χ0) is 32.7. The van der Waals surface area contributed by atoms with Gasteiger partial charge in [-0.2, -0.15) is 0 Å². The molecule has 1 saturated heterocycles. The first-order chi connectivity index (χ1) is 22.7. The topological polar surface area (TPSA) is 138 Å². The van der Waals surface area contributed by atoms with Crippen molar-refractivity contribution in [1.82, 2.24) is 35.1 Å². The number of aromatic nitrogens is 4. The summed E-state index contributed by atoms with van der Waals surface area (Å²) in [5.74, 6) is 1.38. The van der Waals surface area contributed by atoms with Gasteiger partial charge in [0.1, 0.15) is 17.4 Å². The van der Waals surface area contributed by atoms with Crippen molar-refractivity contribution in [3.8, 4) is 5.88 Å². The third kappa shape index (κ3) is 5.88. The van der Waals surface area contributed by atoms with Crippen LogP contribution in [-0.2, 0) is 23.2 Å². The molecule has 0 bridgehead atoms. The second-order valence-corrected chi connectivity index (χ2v) is 13.2. The highest BCUT2D eigenvalue weighted by molar-refractivity contribution is 6.04. The van der Waals surface area contributed by atoms with Crippen LogP contribution in [0.5, 0.6) is 5.88 Å². The van der Waals surface area contributed by atoms with Crippen molar-refractivity contribution in [1.29, 1.82) is 5.41 Å². The van der Waals surface area contributed by atoms with Gasteiger partial charge in [-0.1, -0.05) is 43.2 Å². The molecule has 4 heterocycles. The minimum absolute atomic E-state index is 0.0204. The third-order valence-electron chi connectivity index (χ3n) is 10.2. The van der Waals surface area contributed by atoms with E-state index >= 15 is 0 Å². The van der Waals surface area contributed by atoms with Crippen LogP contribution in [-0.4, -0.2) is 61.9 Å². The number of imidazole rings is 1. The minimum atomic E-state index is -0.785. The predicted octanol–water partition coefficient (Wildman–Crippen LogP) is 5.19. The van der Waals surface area contributed by atoms with E-state index in [0.717, 1.165) is 105 Å². The van der Waals surface area contributed by atoms with Crippen LogP contribution >= 0.6 is 0 Å². The van der Waals surface area contributed by atoms with Crippen molar-refractivity contribution in [2.45, 2.75) is 83.7 Å². The average molecular weight is 635 g/mol. The van der Waals surface area contributed by atoms with E-state index in [2.05, 4.69) is 48.3 Å². The van der Waals surface area contributed by atoms with Gasteiger partial charge < -0.3 is 19.5 Å². The monoisotopic (exact) mass is 634 g/mol. The molecule has 2 fully saturated rings. The maximum atomic E-state index is 13.8. The van der Waals surface area contributed by atoms with E-state index < -0.39 is 11.5 Å². The Morgan fingerprint density at radius 1 is 0.936 bits per heavy atom. The van der Waals surface area contributed by atoms with Crippen molar-refractivity contribution >= 4 is 28.9 Å². The largest absolute Gasteiger partial charge is 0.419 e. The van der Waals surface area contributed by atoms with Gasteiger partial charge in [0.15, 0.2) is 0 Å². The normalized spacial score (nSPS) is 18.7. The number of amidine groups is 1. The number of nitrogens with one attached hydrogen (secondary N) is 3. The fourth-order valence-corrected chi connectivity index (χ4v) is 7.50. The van der Waals surface area contributed by atoms with Crippen molar-refractivity contribution in [2.24, 2.45) is 0 Å². The molecule has 244 valence electrons. The highest BCUT2D eigenvalue weighted by atomic mass is 16.6. The first-order valence-corrected chi connectivity index (χ1v) is 16.7. The van der Waals surface area contributed by atoms with Gasteiger partial charge in [-0.3, -0.25) is 20.5 Å². The molecule has 11 nitrogen and oxygen atoms in total. The van der Waals surface area contributed by atoms with Crippen LogP contribution in [0.4, 0.5) is 4.79 Å². The standard InChI is InChI=1S/C36H42N8O3/c1-22-23(2)40-33(24(3)39-22)47-35(46)42-31(37)26-10-8-25(9-11-26)20-29-32-41-28-21-27(12-13-30(28)44(32)19-16-38-29)36(14-4-5-15-36)34(45)43-17-6-7-18-43/h8-13,21,29,38H,4-7,14-20H2,1-3H3,(H2,37,42,46). The Hall–Kier alpha value is -4.64. The van der Waals surface area contributed by atoms with Crippen molar-refractivity contribution < 1.29 is 14.3 Å². The molecule has 1 aliphatic carbocycles. The molecule has 0 spiro atoms. The number of hydrogen-bond acceptors (Lipinski definition) is 8. The van der Waals surface area contributed by atoms with Crippen LogP contribution in [0.1, 0.15) is 84.2 Å². The Kier molecular flexibility index (Phi) is 8.25. The van der Waals surface area contributed by atoms with Gasteiger partial charge in [0.2, 0.25) is 11.8 Å². The number of hydrogen-bond donors (Lipinski definition) is 3. The molecule has 3 aliphatic rings. The molecule has 11 heteroatoms. The summed E-state index contributed by atoms with van der Waals surface area (Å²) in [4.78, 5) is 42.2. The Morgan fingerprint density at radius 2 is 1.66 bits per heavy atom. The smallest absolute Gasteiger partial charge is 0.389 e. The maximum absolute atomic E-state index is 13.8. The summed E-state index contributed by atoms with van der Waals surface area (Å²) in [6.07, 6.45) is 6.14. The molecule has 1 saturated carbocycles. The number of amides is 2. The number of ether oxygens (including phenoxy) is 1. The number of rotatable bonds is 6. The van der Waals surface area contributed by atoms with Crippen molar-refractivity contribution in [2.75, 3.05) is 19.6 Å². The summed E-state index contributed by atoms with van der Waals surface area (Å²) in [5, 5.41) is 14.5. The summed E-state index contributed by atoms with van der Waals surface area (Å²) in [6, 6.07) is 14.2. The lowest BCUT2D eigenvalue weighted by atomic mass is 9.77. The Bertz CT molecular complexity index is 1850. The molecule has 7 rings (SSSR count). The molecule has 3 N–H and O–H groups in total. The average Bonchev–Trinajstić information content (AvgIpc) is 3.85. The zero-order valence-corrected chi connectivity index (χ0v) is 27.4. The highest BCUT2D eigenvalue weighted by Gasteiger charge is 2.45. The molecule has 2 aromatic carbocycles. The molecule has 47 heavy (non-hydrogen) atoms. The van der Waals surface area contributed by atoms with E-state index in [4.69, 9.17) is 15.1 Å². The van der Waals surface area contributed by atoms with Crippen LogP contribution < -0.4 is 15.4 Å². The van der Waals surface area contributed by atoms with E-state index in [-0.39, 0.29) is 17.8 Å². The molecule has 2 aliphatic heterocycles. The number of carbonyl (C=O) groups excluding carboxylic acids is 2. The molecule has 1 unspecified atom stereocenters. The number of nitrogens with zero attached hydrogens (tertiary/aromatic N) is 5. The predicted molar refractivity (Wildman–Crippen MR) is 179 cm³/mol. The fourth-order valence-electron chi connectivity index (χ4n) is 7.50. The van der Waals surface area contributed by atoms with Crippen molar-refractivity contribution in [3.63, 3.8) is 0 Å². The second-order valence-electron chi connectivity index (χ2n) is 13.2. The van der Waals surface area contributed by atoms with Gasteiger partial charge in [-0.15, -0.1) is 0 Å².